The molecular formula is C21H27N5O5. The average Bonchev–Trinajstić information content (AvgIpc) is 3.12. The molecular weight excluding hydrogens is 402 g/mol. The first-order valence-electron chi connectivity index (χ1n) is 9.73. The summed E-state index contributed by atoms with van der Waals surface area (Å²) in [6, 6.07) is 6.38. The zero-order valence-electron chi connectivity index (χ0n) is 18.2. The standard InChI is InChI=1S/C21H27N5O5/c1-12(2)14-8-15(17(28)9-16(14)27)20-23-24-21(29)26(20)13-6-7-18(22-10-13)25(3)11-19(30-4)31-5/h6-10,12,19,27-28H,11H2,1-5H3,(H,24,29). The van der Waals surface area contributed by atoms with Gasteiger partial charge in [-0.1, -0.05) is 13.8 Å². The molecule has 166 valence electrons. The van der Waals surface area contributed by atoms with Crippen molar-refractivity contribution in [3.8, 4) is 28.6 Å². The van der Waals surface area contributed by atoms with Crippen molar-refractivity contribution < 1.29 is 19.7 Å². The van der Waals surface area contributed by atoms with Crippen LogP contribution in [0, 0.1) is 0 Å². The third-order valence-electron chi connectivity index (χ3n) is 5.01. The number of nitrogens with one attached hydrogen (secondary N) is 1. The Bertz CT molecular complexity index is 1090. The van der Waals surface area contributed by atoms with Crippen molar-refractivity contribution in [1.82, 2.24) is 19.7 Å². The molecule has 10 heteroatoms. The summed E-state index contributed by atoms with van der Waals surface area (Å²) in [6.07, 6.45) is 1.14. The van der Waals surface area contributed by atoms with Gasteiger partial charge in [-0.3, -0.25) is 0 Å². The maximum atomic E-state index is 12.5. The van der Waals surface area contributed by atoms with E-state index in [1.807, 2.05) is 25.8 Å². The maximum absolute atomic E-state index is 12.5. The van der Waals surface area contributed by atoms with Crippen molar-refractivity contribution in [2.45, 2.75) is 26.1 Å². The maximum Gasteiger partial charge on any atom is 0.348 e. The highest BCUT2D eigenvalue weighted by atomic mass is 16.7. The van der Waals surface area contributed by atoms with Gasteiger partial charge in [-0.25, -0.2) is 19.4 Å². The second kappa shape index (κ2) is 9.19. The van der Waals surface area contributed by atoms with E-state index in [-0.39, 0.29) is 23.2 Å². The molecule has 0 atom stereocenters. The molecule has 3 N–H and O–H groups in total. The number of nitrogens with zero attached hydrogens (tertiary/aromatic N) is 4. The fraction of sp³-hybridized carbons (Fsp3) is 0.381. The fourth-order valence-corrected chi connectivity index (χ4v) is 3.25. The quantitative estimate of drug-likeness (QED) is 0.466. The highest BCUT2D eigenvalue weighted by Gasteiger charge is 2.20. The van der Waals surface area contributed by atoms with E-state index in [0.717, 1.165) is 0 Å². The number of hydrogen-bond acceptors (Lipinski definition) is 8. The number of hydrogen-bond donors (Lipinski definition) is 3. The van der Waals surface area contributed by atoms with Gasteiger partial charge in [-0.05, 0) is 29.7 Å². The summed E-state index contributed by atoms with van der Waals surface area (Å²) in [5.74, 6) is 0.691. The van der Waals surface area contributed by atoms with E-state index in [2.05, 4.69) is 15.2 Å². The molecule has 0 bridgehead atoms. The van der Waals surface area contributed by atoms with E-state index in [4.69, 9.17) is 9.47 Å². The first kappa shape index (κ1) is 22.3. The van der Waals surface area contributed by atoms with Crippen LogP contribution in [-0.2, 0) is 9.47 Å². The zero-order valence-corrected chi connectivity index (χ0v) is 18.2. The molecule has 0 radical (unpaired) electrons. The Morgan fingerprint density at radius 2 is 1.87 bits per heavy atom. The van der Waals surface area contributed by atoms with Gasteiger partial charge in [0.25, 0.3) is 0 Å². The molecule has 0 unspecified atom stereocenters. The summed E-state index contributed by atoms with van der Waals surface area (Å²) in [5, 5.41) is 27.0. The van der Waals surface area contributed by atoms with Crippen LogP contribution in [0.15, 0.2) is 35.3 Å². The van der Waals surface area contributed by atoms with Crippen molar-refractivity contribution in [1.29, 1.82) is 0 Å². The third-order valence-corrected chi connectivity index (χ3v) is 5.01. The summed E-state index contributed by atoms with van der Waals surface area (Å²) in [7, 11) is 4.98. The van der Waals surface area contributed by atoms with Gasteiger partial charge in [0.2, 0.25) is 0 Å². The minimum Gasteiger partial charge on any atom is -0.508 e. The van der Waals surface area contributed by atoms with E-state index in [0.29, 0.717) is 29.2 Å². The van der Waals surface area contributed by atoms with E-state index < -0.39 is 12.0 Å². The van der Waals surface area contributed by atoms with E-state index >= 15 is 0 Å². The van der Waals surface area contributed by atoms with Gasteiger partial charge in [-0.15, -0.1) is 0 Å². The second-order valence-corrected chi connectivity index (χ2v) is 7.43. The van der Waals surface area contributed by atoms with Gasteiger partial charge in [-0.2, -0.15) is 5.10 Å². The van der Waals surface area contributed by atoms with E-state index in [9.17, 15) is 15.0 Å². The predicted octanol–water partition coefficient (Wildman–Crippen LogP) is 2.21. The Hall–Kier alpha value is -3.37. The summed E-state index contributed by atoms with van der Waals surface area (Å²) in [4.78, 5) is 18.8. The Labute approximate surface area is 179 Å². The molecule has 3 rings (SSSR count). The number of methoxy groups -OCH3 is 2. The Morgan fingerprint density at radius 3 is 2.45 bits per heavy atom. The van der Waals surface area contributed by atoms with Crippen molar-refractivity contribution >= 4 is 5.82 Å². The molecule has 0 saturated heterocycles. The molecule has 0 amide bonds. The lowest BCUT2D eigenvalue weighted by Crippen LogP contribution is -2.32. The molecule has 0 aliphatic carbocycles. The van der Waals surface area contributed by atoms with Crippen LogP contribution in [0.5, 0.6) is 11.5 Å². The molecule has 0 spiro atoms. The highest BCUT2D eigenvalue weighted by molar-refractivity contribution is 5.69. The SMILES string of the molecule is COC(CN(C)c1ccc(-n2c(-c3cc(C(C)C)c(O)cc3O)n[nH]c2=O)cn1)OC. The molecule has 0 fully saturated rings. The normalized spacial score (nSPS) is 11.5. The smallest absolute Gasteiger partial charge is 0.348 e. The number of aromatic hydroxyl groups is 2. The van der Waals surface area contributed by atoms with Crippen LogP contribution in [0.1, 0.15) is 25.3 Å². The fourth-order valence-electron chi connectivity index (χ4n) is 3.25. The van der Waals surface area contributed by atoms with Crippen LogP contribution in [-0.4, -0.2) is 64.1 Å². The minimum atomic E-state index is -0.477. The number of pyridine rings is 1. The largest absolute Gasteiger partial charge is 0.508 e. The van der Waals surface area contributed by atoms with Gasteiger partial charge in [0, 0.05) is 27.3 Å². The summed E-state index contributed by atoms with van der Waals surface area (Å²) >= 11 is 0. The van der Waals surface area contributed by atoms with Crippen molar-refractivity contribution in [2.24, 2.45) is 0 Å². The number of ether oxygens (including phenoxy) is 2. The number of H-pyrrole nitrogens is 1. The first-order chi connectivity index (χ1) is 14.8. The van der Waals surface area contributed by atoms with Crippen LogP contribution in [0.3, 0.4) is 0 Å². The van der Waals surface area contributed by atoms with Crippen LogP contribution < -0.4 is 10.6 Å². The van der Waals surface area contributed by atoms with Gasteiger partial charge in [0.1, 0.15) is 17.3 Å². The average molecular weight is 429 g/mol. The molecule has 31 heavy (non-hydrogen) atoms. The minimum absolute atomic E-state index is 0.0120. The van der Waals surface area contributed by atoms with Crippen molar-refractivity contribution in [2.75, 3.05) is 32.7 Å². The molecule has 0 aliphatic rings. The molecule has 1 aromatic carbocycles. The molecule has 10 nitrogen and oxygen atoms in total. The highest BCUT2D eigenvalue weighted by Crippen LogP contribution is 2.37. The molecule has 0 aliphatic heterocycles. The van der Waals surface area contributed by atoms with Crippen LogP contribution in [0.2, 0.25) is 0 Å². The lowest BCUT2D eigenvalue weighted by molar-refractivity contribution is -0.0944. The number of aromatic amines is 1. The van der Waals surface area contributed by atoms with Crippen molar-refractivity contribution in [3.05, 3.63) is 46.5 Å². The molecule has 2 heterocycles. The Kier molecular flexibility index (Phi) is 6.62. The Morgan fingerprint density at radius 1 is 1.16 bits per heavy atom. The summed E-state index contributed by atoms with van der Waals surface area (Å²) < 4.78 is 11.7. The number of benzene rings is 1. The van der Waals surface area contributed by atoms with Gasteiger partial charge >= 0.3 is 5.69 Å². The van der Waals surface area contributed by atoms with Crippen LogP contribution >= 0.6 is 0 Å². The lowest BCUT2D eigenvalue weighted by Gasteiger charge is -2.23. The first-order valence-corrected chi connectivity index (χ1v) is 9.73. The second-order valence-electron chi connectivity index (χ2n) is 7.43. The molecule has 3 aromatic rings. The van der Waals surface area contributed by atoms with E-state index in [1.54, 1.807) is 38.6 Å². The van der Waals surface area contributed by atoms with Gasteiger partial charge in [0.15, 0.2) is 12.1 Å². The van der Waals surface area contributed by atoms with Crippen LogP contribution in [0.25, 0.3) is 17.1 Å². The molecule has 0 saturated carbocycles. The predicted molar refractivity (Wildman–Crippen MR) is 116 cm³/mol. The number of rotatable bonds is 8. The van der Waals surface area contributed by atoms with Gasteiger partial charge < -0.3 is 24.6 Å². The Balaban J connectivity index is 1.99. The summed E-state index contributed by atoms with van der Waals surface area (Å²) in [6.45, 7) is 4.31. The number of likely N-dealkylation sites (N-methyl/N-ethyl adjacent to an activating group) is 1. The number of anilines is 1. The van der Waals surface area contributed by atoms with Gasteiger partial charge in [0.05, 0.1) is 24.0 Å². The topological polar surface area (TPSA) is 126 Å². The lowest BCUT2D eigenvalue weighted by atomic mass is 9.98. The molecule has 2 aromatic heterocycles. The summed E-state index contributed by atoms with van der Waals surface area (Å²) in [5.41, 5.74) is 0.953. The van der Waals surface area contributed by atoms with Crippen molar-refractivity contribution in [3.63, 3.8) is 0 Å². The van der Waals surface area contributed by atoms with E-state index in [1.165, 1.54) is 10.6 Å². The number of phenolic OH excluding ortho intramolecular Hbond substituents is 2. The van der Waals surface area contributed by atoms with Crippen LogP contribution in [0.4, 0.5) is 5.82 Å². The number of aromatic nitrogens is 4. The number of phenols is 2. The third kappa shape index (κ3) is 4.54. The monoisotopic (exact) mass is 429 g/mol. The zero-order chi connectivity index (χ0) is 22.7.